The van der Waals surface area contributed by atoms with Gasteiger partial charge in [0.1, 0.15) is 5.78 Å². The van der Waals surface area contributed by atoms with Crippen LogP contribution >= 0.6 is 0 Å². The molecule has 0 spiro atoms. The van der Waals surface area contributed by atoms with E-state index in [2.05, 4.69) is 20.8 Å². The smallest absolute Gasteiger partial charge is 0.135 e. The Kier molecular flexibility index (Phi) is 8.06. The molecule has 0 aromatic carbocycles. The second kappa shape index (κ2) is 9.02. The number of aliphatic hydroxyl groups is 1. The van der Waals surface area contributed by atoms with Gasteiger partial charge < -0.3 is 9.84 Å². The summed E-state index contributed by atoms with van der Waals surface area (Å²) in [5.74, 6) is 1.52. The molecule has 0 aromatic rings. The highest BCUT2D eigenvalue weighted by Gasteiger charge is 2.35. The topological polar surface area (TPSA) is 46.5 Å². The van der Waals surface area contributed by atoms with Crippen LogP contribution in [-0.2, 0) is 9.53 Å². The molecule has 0 amide bonds. The van der Waals surface area contributed by atoms with Gasteiger partial charge in [-0.3, -0.25) is 4.79 Å². The molecule has 4 atom stereocenters. The SMILES string of the molecule is CC(CCCC1(C)OCCCCC1O)C(=O)CC(C)C(C)C. The summed E-state index contributed by atoms with van der Waals surface area (Å²) in [6, 6.07) is 0. The van der Waals surface area contributed by atoms with Crippen molar-refractivity contribution in [3.63, 3.8) is 0 Å². The molecule has 130 valence electrons. The number of carbonyl (C=O) groups is 1. The second-order valence-corrected chi connectivity index (χ2v) is 7.86. The van der Waals surface area contributed by atoms with Crippen LogP contribution in [-0.4, -0.2) is 29.2 Å². The van der Waals surface area contributed by atoms with Gasteiger partial charge in [0.15, 0.2) is 0 Å². The van der Waals surface area contributed by atoms with Crippen molar-refractivity contribution in [2.75, 3.05) is 6.61 Å². The van der Waals surface area contributed by atoms with Crippen LogP contribution in [0.4, 0.5) is 0 Å². The van der Waals surface area contributed by atoms with Crippen molar-refractivity contribution in [1.82, 2.24) is 0 Å². The van der Waals surface area contributed by atoms with Crippen molar-refractivity contribution in [2.24, 2.45) is 17.8 Å². The lowest BCUT2D eigenvalue weighted by molar-refractivity contribution is -0.124. The summed E-state index contributed by atoms with van der Waals surface area (Å²) in [7, 11) is 0. The Bertz CT molecular complexity index is 340. The first kappa shape index (κ1) is 19.6. The average molecular weight is 312 g/mol. The van der Waals surface area contributed by atoms with Gasteiger partial charge in [-0.2, -0.15) is 0 Å². The highest BCUT2D eigenvalue weighted by Crippen LogP contribution is 2.30. The number of hydrogen-bond acceptors (Lipinski definition) is 3. The highest BCUT2D eigenvalue weighted by atomic mass is 16.5. The number of rotatable bonds is 8. The van der Waals surface area contributed by atoms with E-state index in [-0.39, 0.29) is 12.0 Å². The van der Waals surface area contributed by atoms with Crippen molar-refractivity contribution < 1.29 is 14.6 Å². The zero-order valence-corrected chi connectivity index (χ0v) is 15.2. The fraction of sp³-hybridized carbons (Fsp3) is 0.947. The lowest BCUT2D eigenvalue weighted by atomic mass is 9.85. The summed E-state index contributed by atoms with van der Waals surface area (Å²) >= 11 is 0. The summed E-state index contributed by atoms with van der Waals surface area (Å²) in [5, 5.41) is 10.3. The van der Waals surface area contributed by atoms with Crippen LogP contribution in [0, 0.1) is 17.8 Å². The van der Waals surface area contributed by atoms with E-state index in [9.17, 15) is 9.90 Å². The van der Waals surface area contributed by atoms with E-state index in [1.807, 2.05) is 13.8 Å². The Morgan fingerprint density at radius 1 is 1.27 bits per heavy atom. The molecule has 1 aliphatic rings. The van der Waals surface area contributed by atoms with Crippen LogP contribution < -0.4 is 0 Å². The third-order valence-electron chi connectivity index (χ3n) is 5.53. The Labute approximate surface area is 136 Å². The van der Waals surface area contributed by atoms with E-state index in [1.165, 1.54) is 0 Å². The zero-order valence-electron chi connectivity index (χ0n) is 15.2. The van der Waals surface area contributed by atoms with Crippen LogP contribution in [0.25, 0.3) is 0 Å². The second-order valence-electron chi connectivity index (χ2n) is 7.86. The van der Waals surface area contributed by atoms with Gasteiger partial charge in [-0.15, -0.1) is 0 Å². The average Bonchev–Trinajstić information content (AvgIpc) is 2.61. The van der Waals surface area contributed by atoms with Gasteiger partial charge in [-0.05, 0) is 57.3 Å². The quantitative estimate of drug-likeness (QED) is 0.724. The molecule has 1 saturated heterocycles. The summed E-state index contributed by atoms with van der Waals surface area (Å²) in [5.41, 5.74) is -0.426. The third kappa shape index (κ3) is 6.00. The van der Waals surface area contributed by atoms with Gasteiger partial charge in [-0.1, -0.05) is 27.7 Å². The lowest BCUT2D eigenvalue weighted by Crippen LogP contribution is -2.41. The van der Waals surface area contributed by atoms with E-state index in [4.69, 9.17) is 4.74 Å². The number of ketones is 1. The van der Waals surface area contributed by atoms with Gasteiger partial charge >= 0.3 is 0 Å². The standard InChI is InChI=1S/C19H36O3/c1-14(2)16(4)13-17(20)15(3)9-8-11-19(5)18(21)10-6-7-12-22-19/h14-16,18,21H,6-13H2,1-5H3. The van der Waals surface area contributed by atoms with E-state index < -0.39 is 5.60 Å². The van der Waals surface area contributed by atoms with Crippen molar-refractivity contribution in [3.05, 3.63) is 0 Å². The minimum absolute atomic E-state index is 0.118. The maximum atomic E-state index is 12.3. The van der Waals surface area contributed by atoms with E-state index in [0.29, 0.717) is 24.0 Å². The van der Waals surface area contributed by atoms with Crippen LogP contribution in [0.2, 0.25) is 0 Å². The number of carbonyl (C=O) groups excluding carboxylic acids is 1. The fourth-order valence-corrected chi connectivity index (χ4v) is 3.06. The molecule has 0 aromatic heterocycles. The van der Waals surface area contributed by atoms with Crippen LogP contribution in [0.3, 0.4) is 0 Å². The van der Waals surface area contributed by atoms with Crippen molar-refractivity contribution in [1.29, 1.82) is 0 Å². The Hall–Kier alpha value is -0.410. The molecule has 0 bridgehead atoms. The monoisotopic (exact) mass is 312 g/mol. The molecule has 1 rings (SSSR count). The highest BCUT2D eigenvalue weighted by molar-refractivity contribution is 5.80. The van der Waals surface area contributed by atoms with E-state index in [0.717, 1.165) is 45.1 Å². The number of hydrogen-bond donors (Lipinski definition) is 1. The molecule has 0 saturated carbocycles. The molecule has 4 unspecified atom stereocenters. The Morgan fingerprint density at radius 3 is 2.59 bits per heavy atom. The molecule has 3 heteroatoms. The van der Waals surface area contributed by atoms with Gasteiger partial charge in [-0.25, -0.2) is 0 Å². The zero-order chi connectivity index (χ0) is 16.8. The first-order valence-electron chi connectivity index (χ1n) is 9.11. The number of Topliss-reactive ketones (excluding diaryl/α,β-unsaturated/α-hetero) is 1. The van der Waals surface area contributed by atoms with Crippen molar-refractivity contribution in [2.45, 2.75) is 91.3 Å². The molecule has 1 heterocycles. The predicted molar refractivity (Wildman–Crippen MR) is 90.9 cm³/mol. The van der Waals surface area contributed by atoms with Crippen LogP contribution in [0.1, 0.15) is 79.6 Å². The summed E-state index contributed by atoms with van der Waals surface area (Å²) in [4.78, 5) is 12.3. The lowest BCUT2D eigenvalue weighted by Gasteiger charge is -2.33. The first-order valence-corrected chi connectivity index (χ1v) is 9.11. The largest absolute Gasteiger partial charge is 0.390 e. The molecule has 0 aliphatic carbocycles. The first-order chi connectivity index (χ1) is 10.3. The van der Waals surface area contributed by atoms with Gasteiger partial charge in [0.25, 0.3) is 0 Å². The van der Waals surface area contributed by atoms with Crippen molar-refractivity contribution >= 4 is 5.78 Å². The van der Waals surface area contributed by atoms with Crippen molar-refractivity contribution in [3.8, 4) is 0 Å². The third-order valence-corrected chi connectivity index (χ3v) is 5.53. The van der Waals surface area contributed by atoms with E-state index >= 15 is 0 Å². The molecular weight excluding hydrogens is 276 g/mol. The summed E-state index contributed by atoms with van der Waals surface area (Å²) in [6.45, 7) is 11.3. The number of aliphatic hydroxyl groups excluding tert-OH is 1. The molecular formula is C19H36O3. The summed E-state index contributed by atoms with van der Waals surface area (Å²) < 4.78 is 5.91. The van der Waals surface area contributed by atoms with Gasteiger partial charge in [0.05, 0.1) is 11.7 Å². The minimum Gasteiger partial charge on any atom is -0.390 e. The molecule has 1 fully saturated rings. The minimum atomic E-state index is -0.426. The van der Waals surface area contributed by atoms with Gasteiger partial charge in [0.2, 0.25) is 0 Å². The molecule has 1 N–H and O–H groups in total. The maximum Gasteiger partial charge on any atom is 0.135 e. The van der Waals surface area contributed by atoms with E-state index in [1.54, 1.807) is 0 Å². The molecule has 22 heavy (non-hydrogen) atoms. The fourth-order valence-electron chi connectivity index (χ4n) is 3.06. The molecule has 3 nitrogen and oxygen atoms in total. The normalized spacial score (nSPS) is 29.1. The Morgan fingerprint density at radius 2 is 1.95 bits per heavy atom. The van der Waals surface area contributed by atoms with Crippen LogP contribution in [0.15, 0.2) is 0 Å². The predicted octanol–water partition coefficient (Wildman–Crippen LogP) is 4.36. The Balaban J connectivity index is 2.37. The summed E-state index contributed by atoms with van der Waals surface area (Å²) in [6.07, 6.45) is 5.90. The van der Waals surface area contributed by atoms with Gasteiger partial charge in [0, 0.05) is 18.9 Å². The maximum absolute atomic E-state index is 12.3. The molecule has 0 radical (unpaired) electrons. The number of ether oxygens (including phenoxy) is 1. The molecule has 1 aliphatic heterocycles. The van der Waals surface area contributed by atoms with Crippen LogP contribution in [0.5, 0.6) is 0 Å².